The van der Waals surface area contributed by atoms with Crippen LogP contribution in [0, 0.1) is 0 Å². The van der Waals surface area contributed by atoms with Crippen LogP contribution in [0.25, 0.3) is 27.5 Å². The Kier molecular flexibility index (Phi) is 4.83. The fourth-order valence-electron chi connectivity index (χ4n) is 4.55. The van der Waals surface area contributed by atoms with Crippen molar-refractivity contribution in [1.82, 2.24) is 4.57 Å². The largest absolute Gasteiger partial charge is 0.309 e. The summed E-state index contributed by atoms with van der Waals surface area (Å²) in [5, 5.41) is 6.70. The summed E-state index contributed by atoms with van der Waals surface area (Å²) in [5.74, 6) is 0. The molecule has 0 unspecified atom stereocenters. The fourth-order valence-corrected chi connectivity index (χ4v) is 6.84. The minimum atomic E-state index is -0.594. The van der Waals surface area contributed by atoms with E-state index in [1.54, 1.807) is 0 Å². The second-order valence-corrected chi connectivity index (χ2v) is 10.1. The van der Waals surface area contributed by atoms with Gasteiger partial charge in [0.1, 0.15) is 0 Å². The SMILES string of the molecule is c1ccc(P(c2ccccc2)c2ccc(-n3c4ccccc4c4ccccc43)cc2)cc1. The van der Waals surface area contributed by atoms with E-state index in [0.29, 0.717) is 0 Å². The van der Waals surface area contributed by atoms with Gasteiger partial charge in [0.25, 0.3) is 0 Å². The number of hydrogen-bond donors (Lipinski definition) is 0. The van der Waals surface area contributed by atoms with Crippen LogP contribution in [0.5, 0.6) is 0 Å². The van der Waals surface area contributed by atoms with Crippen LogP contribution in [-0.2, 0) is 0 Å². The van der Waals surface area contributed by atoms with Crippen LogP contribution in [0.3, 0.4) is 0 Å². The van der Waals surface area contributed by atoms with Crippen LogP contribution < -0.4 is 15.9 Å². The minimum absolute atomic E-state index is 0.594. The molecule has 0 fully saturated rings. The smallest absolute Gasteiger partial charge is 0.0541 e. The molecule has 0 aliphatic carbocycles. The second-order valence-electron chi connectivity index (χ2n) is 7.89. The Hall–Kier alpha value is -3.67. The minimum Gasteiger partial charge on any atom is -0.309 e. The fraction of sp³-hybridized carbons (Fsp3) is 0. The molecule has 1 heterocycles. The highest BCUT2D eigenvalue weighted by atomic mass is 31.1. The Balaban J connectivity index is 1.50. The van der Waals surface area contributed by atoms with Crippen molar-refractivity contribution in [2.24, 2.45) is 0 Å². The lowest BCUT2D eigenvalue weighted by Crippen LogP contribution is -2.20. The van der Waals surface area contributed by atoms with E-state index in [4.69, 9.17) is 0 Å². The average molecular weight is 427 g/mol. The van der Waals surface area contributed by atoms with Crippen LogP contribution in [0.1, 0.15) is 0 Å². The van der Waals surface area contributed by atoms with Crippen LogP contribution in [0.2, 0.25) is 0 Å². The zero-order valence-electron chi connectivity index (χ0n) is 17.6. The van der Waals surface area contributed by atoms with Gasteiger partial charge in [-0.1, -0.05) is 109 Å². The van der Waals surface area contributed by atoms with E-state index in [-0.39, 0.29) is 0 Å². The predicted octanol–water partition coefficient (Wildman–Crippen LogP) is 6.54. The Morgan fingerprint density at radius 3 is 1.28 bits per heavy atom. The van der Waals surface area contributed by atoms with Crippen molar-refractivity contribution in [3.05, 3.63) is 133 Å². The second kappa shape index (κ2) is 8.11. The Morgan fingerprint density at radius 2 is 0.781 bits per heavy atom. The molecule has 6 rings (SSSR count). The van der Waals surface area contributed by atoms with Crippen molar-refractivity contribution < 1.29 is 0 Å². The first kappa shape index (κ1) is 19.0. The van der Waals surface area contributed by atoms with Gasteiger partial charge in [-0.15, -0.1) is 0 Å². The zero-order chi connectivity index (χ0) is 21.3. The molecular formula is C30H22NP. The van der Waals surface area contributed by atoms with Gasteiger partial charge in [0, 0.05) is 16.5 Å². The van der Waals surface area contributed by atoms with Crippen molar-refractivity contribution in [1.29, 1.82) is 0 Å². The molecule has 0 saturated heterocycles. The summed E-state index contributed by atoms with van der Waals surface area (Å²) in [6.07, 6.45) is 0. The van der Waals surface area contributed by atoms with Crippen molar-refractivity contribution in [3.63, 3.8) is 0 Å². The van der Waals surface area contributed by atoms with Gasteiger partial charge >= 0.3 is 0 Å². The average Bonchev–Trinajstić information content (AvgIpc) is 3.21. The lowest BCUT2D eigenvalue weighted by atomic mass is 10.2. The Bertz CT molecular complexity index is 1410. The molecular weight excluding hydrogens is 405 g/mol. The van der Waals surface area contributed by atoms with E-state index < -0.39 is 7.92 Å². The highest BCUT2D eigenvalue weighted by molar-refractivity contribution is 7.79. The molecule has 0 bridgehead atoms. The predicted molar refractivity (Wildman–Crippen MR) is 139 cm³/mol. The lowest BCUT2D eigenvalue weighted by molar-refractivity contribution is 1.18. The van der Waals surface area contributed by atoms with Crippen LogP contribution >= 0.6 is 7.92 Å². The molecule has 1 aromatic heterocycles. The maximum atomic E-state index is 2.38. The van der Waals surface area contributed by atoms with Gasteiger partial charge in [0.2, 0.25) is 0 Å². The van der Waals surface area contributed by atoms with E-state index in [1.807, 2.05) is 0 Å². The number of nitrogens with zero attached hydrogens (tertiary/aromatic N) is 1. The van der Waals surface area contributed by atoms with Gasteiger partial charge < -0.3 is 4.57 Å². The molecule has 0 aliphatic rings. The first-order chi connectivity index (χ1) is 15.9. The summed E-state index contributed by atoms with van der Waals surface area (Å²) in [6.45, 7) is 0. The van der Waals surface area contributed by atoms with E-state index in [0.717, 1.165) is 0 Å². The van der Waals surface area contributed by atoms with Crippen LogP contribution in [0.4, 0.5) is 0 Å². The van der Waals surface area contributed by atoms with E-state index in [9.17, 15) is 0 Å². The molecule has 2 heteroatoms. The quantitative estimate of drug-likeness (QED) is 0.282. The molecule has 0 aliphatic heterocycles. The number of benzene rings is 5. The summed E-state index contributed by atoms with van der Waals surface area (Å²) < 4.78 is 2.38. The van der Waals surface area contributed by atoms with Gasteiger partial charge in [-0.3, -0.25) is 0 Å². The number of para-hydroxylation sites is 2. The van der Waals surface area contributed by atoms with Crippen LogP contribution in [0.15, 0.2) is 133 Å². The third-order valence-electron chi connectivity index (χ3n) is 5.97. The maximum Gasteiger partial charge on any atom is 0.0541 e. The first-order valence-electron chi connectivity index (χ1n) is 10.9. The van der Waals surface area contributed by atoms with E-state index in [2.05, 4.69) is 138 Å². The number of aromatic nitrogens is 1. The lowest BCUT2D eigenvalue weighted by Gasteiger charge is -2.20. The third kappa shape index (κ3) is 3.23. The molecule has 6 aromatic rings. The molecule has 0 saturated carbocycles. The molecule has 0 radical (unpaired) electrons. The van der Waals surface area contributed by atoms with Crippen molar-refractivity contribution in [2.45, 2.75) is 0 Å². The highest BCUT2D eigenvalue weighted by Crippen LogP contribution is 2.35. The molecule has 0 N–H and O–H groups in total. The molecule has 0 amide bonds. The Labute approximate surface area is 189 Å². The summed E-state index contributed by atoms with van der Waals surface area (Å²) in [7, 11) is -0.594. The van der Waals surface area contributed by atoms with E-state index >= 15 is 0 Å². The van der Waals surface area contributed by atoms with Gasteiger partial charge in [-0.25, -0.2) is 0 Å². The van der Waals surface area contributed by atoms with E-state index in [1.165, 1.54) is 43.4 Å². The van der Waals surface area contributed by atoms with Gasteiger partial charge in [-0.05, 0) is 48.1 Å². The molecule has 1 nitrogen and oxygen atoms in total. The molecule has 0 atom stereocenters. The topological polar surface area (TPSA) is 4.93 Å². The highest BCUT2D eigenvalue weighted by Gasteiger charge is 2.17. The van der Waals surface area contributed by atoms with Crippen molar-refractivity contribution in [2.75, 3.05) is 0 Å². The standard InChI is InChI=1S/C30H22NP/c1-3-11-24(12-4-1)32(25-13-5-2-6-14-25)26-21-19-23(20-22-26)31-29-17-9-7-15-27(29)28-16-8-10-18-30(28)31/h1-22H. The normalized spacial score (nSPS) is 11.4. The first-order valence-corrected chi connectivity index (χ1v) is 12.2. The van der Waals surface area contributed by atoms with Crippen molar-refractivity contribution >= 4 is 45.6 Å². The summed E-state index contributed by atoms with van der Waals surface area (Å²) in [4.78, 5) is 0. The molecule has 32 heavy (non-hydrogen) atoms. The zero-order valence-corrected chi connectivity index (χ0v) is 18.5. The Morgan fingerprint density at radius 1 is 0.375 bits per heavy atom. The van der Waals surface area contributed by atoms with Crippen LogP contribution in [-0.4, -0.2) is 4.57 Å². The molecule has 0 spiro atoms. The van der Waals surface area contributed by atoms with Gasteiger partial charge in [0.05, 0.1) is 11.0 Å². The number of rotatable bonds is 4. The van der Waals surface area contributed by atoms with Gasteiger partial charge in [-0.2, -0.15) is 0 Å². The summed E-state index contributed by atoms with van der Waals surface area (Å²) in [6, 6.07) is 48.2. The number of hydrogen-bond acceptors (Lipinski definition) is 0. The monoisotopic (exact) mass is 427 g/mol. The third-order valence-corrected chi connectivity index (χ3v) is 8.42. The summed E-state index contributed by atoms with van der Waals surface area (Å²) in [5.41, 5.74) is 3.69. The van der Waals surface area contributed by atoms with Gasteiger partial charge in [0.15, 0.2) is 0 Å². The van der Waals surface area contributed by atoms with Crippen molar-refractivity contribution in [3.8, 4) is 5.69 Å². The maximum absolute atomic E-state index is 2.38. The molecule has 5 aromatic carbocycles. The number of fused-ring (bicyclic) bond motifs is 3. The summed E-state index contributed by atoms with van der Waals surface area (Å²) >= 11 is 0. The molecule has 152 valence electrons.